The summed E-state index contributed by atoms with van der Waals surface area (Å²) in [6.07, 6.45) is 0. The maximum Gasteiger partial charge on any atom is 0.258 e. The first-order valence-electron chi connectivity index (χ1n) is 11.0. The normalized spacial score (nSPS) is 10.5. The molecule has 0 saturated heterocycles. The Bertz CT molecular complexity index is 1250. The second-order valence-electron chi connectivity index (χ2n) is 7.83. The third-order valence-corrected chi connectivity index (χ3v) is 5.55. The third kappa shape index (κ3) is 5.01. The minimum atomic E-state index is -0.190. The van der Waals surface area contributed by atoms with E-state index in [1.54, 1.807) is 29.2 Å². The van der Waals surface area contributed by atoms with Gasteiger partial charge in [-0.05, 0) is 67.4 Å². The lowest BCUT2D eigenvalue weighted by Gasteiger charge is -2.21. The fourth-order valence-electron chi connectivity index (χ4n) is 3.77. The molecule has 4 aromatic rings. The van der Waals surface area contributed by atoms with Gasteiger partial charge in [0, 0.05) is 29.0 Å². The number of anilines is 2. The van der Waals surface area contributed by atoms with Crippen LogP contribution in [0.3, 0.4) is 0 Å². The minimum absolute atomic E-state index is 0.0775. The zero-order valence-corrected chi connectivity index (χ0v) is 18.8. The predicted molar refractivity (Wildman–Crippen MR) is 135 cm³/mol. The van der Waals surface area contributed by atoms with E-state index in [1.165, 1.54) is 5.56 Å². The molecule has 0 aliphatic heterocycles. The van der Waals surface area contributed by atoms with Crippen molar-refractivity contribution in [3.63, 3.8) is 0 Å². The van der Waals surface area contributed by atoms with Gasteiger partial charge in [0.25, 0.3) is 11.8 Å². The van der Waals surface area contributed by atoms with Gasteiger partial charge in [0.1, 0.15) is 0 Å². The van der Waals surface area contributed by atoms with Crippen molar-refractivity contribution in [2.24, 2.45) is 0 Å². The summed E-state index contributed by atoms with van der Waals surface area (Å²) in [5, 5.41) is 2.96. The van der Waals surface area contributed by atoms with Crippen LogP contribution in [-0.4, -0.2) is 18.4 Å². The minimum Gasteiger partial charge on any atom is -0.322 e. The number of carbonyl (C=O) groups excluding carboxylic acids is 2. The Morgan fingerprint density at radius 3 is 2.06 bits per heavy atom. The van der Waals surface area contributed by atoms with E-state index in [0.29, 0.717) is 23.4 Å². The van der Waals surface area contributed by atoms with E-state index < -0.39 is 0 Å². The number of nitrogens with one attached hydrogen (secondary N) is 1. The molecule has 0 fully saturated rings. The van der Waals surface area contributed by atoms with Gasteiger partial charge in [0.2, 0.25) is 0 Å². The largest absolute Gasteiger partial charge is 0.322 e. The zero-order valence-electron chi connectivity index (χ0n) is 18.8. The third-order valence-electron chi connectivity index (χ3n) is 5.55. The molecule has 0 aliphatic carbocycles. The average Bonchev–Trinajstić information content (AvgIpc) is 2.86. The van der Waals surface area contributed by atoms with Gasteiger partial charge >= 0.3 is 0 Å². The van der Waals surface area contributed by atoms with Gasteiger partial charge in [0.05, 0.1) is 0 Å². The molecular weight excluding hydrogens is 408 g/mol. The maximum absolute atomic E-state index is 13.0. The Kier molecular flexibility index (Phi) is 6.65. The second-order valence-corrected chi connectivity index (χ2v) is 7.83. The number of amides is 2. The van der Waals surface area contributed by atoms with Gasteiger partial charge in [0.15, 0.2) is 0 Å². The first-order chi connectivity index (χ1) is 16.1. The van der Waals surface area contributed by atoms with E-state index in [2.05, 4.69) is 5.32 Å². The second kappa shape index (κ2) is 9.96. The van der Waals surface area contributed by atoms with E-state index in [4.69, 9.17) is 0 Å². The van der Waals surface area contributed by atoms with Crippen LogP contribution in [0.15, 0.2) is 103 Å². The maximum atomic E-state index is 13.0. The molecule has 0 saturated carbocycles. The molecule has 4 aromatic carbocycles. The van der Waals surface area contributed by atoms with Crippen LogP contribution in [0.25, 0.3) is 11.1 Å². The molecule has 0 spiro atoms. The summed E-state index contributed by atoms with van der Waals surface area (Å²) in [4.78, 5) is 27.8. The van der Waals surface area contributed by atoms with Crippen LogP contribution in [-0.2, 0) is 0 Å². The summed E-state index contributed by atoms with van der Waals surface area (Å²) in [5.74, 6) is -0.268. The molecule has 4 nitrogen and oxygen atoms in total. The van der Waals surface area contributed by atoms with Crippen molar-refractivity contribution in [1.29, 1.82) is 0 Å². The van der Waals surface area contributed by atoms with Gasteiger partial charge in [-0.1, -0.05) is 66.2 Å². The standard InChI is InChI=1S/C29H26N2O2/c1-3-31(25-9-5-4-6-10-25)29(33)23-17-19-24(20-18-23)30-28(32)27-12-8-7-11-26(27)22-15-13-21(2)14-16-22/h4-20H,3H2,1-2H3,(H,30,32). The van der Waals surface area contributed by atoms with Crippen molar-refractivity contribution >= 4 is 23.2 Å². The highest BCUT2D eigenvalue weighted by Crippen LogP contribution is 2.25. The fourth-order valence-corrected chi connectivity index (χ4v) is 3.77. The van der Waals surface area contributed by atoms with E-state index >= 15 is 0 Å². The van der Waals surface area contributed by atoms with Crippen LogP contribution in [0.2, 0.25) is 0 Å². The first kappa shape index (κ1) is 22.0. The molecule has 0 unspecified atom stereocenters. The number of nitrogens with zero attached hydrogens (tertiary/aromatic N) is 1. The SMILES string of the molecule is CCN(C(=O)c1ccc(NC(=O)c2ccccc2-c2ccc(C)cc2)cc1)c1ccccc1. The molecule has 0 bridgehead atoms. The van der Waals surface area contributed by atoms with Gasteiger partial charge in [-0.25, -0.2) is 0 Å². The lowest BCUT2D eigenvalue weighted by atomic mass is 9.98. The predicted octanol–water partition coefficient (Wildman–Crippen LogP) is 6.58. The number of aryl methyl sites for hydroxylation is 1. The highest BCUT2D eigenvalue weighted by Gasteiger charge is 2.17. The average molecular weight is 435 g/mol. The summed E-state index contributed by atoms with van der Waals surface area (Å²) in [5.41, 5.74) is 5.70. The number of hydrogen-bond donors (Lipinski definition) is 1. The van der Waals surface area contributed by atoms with E-state index in [1.807, 2.05) is 92.7 Å². The molecular formula is C29H26N2O2. The van der Waals surface area contributed by atoms with Crippen molar-refractivity contribution in [1.82, 2.24) is 0 Å². The molecule has 0 radical (unpaired) electrons. The van der Waals surface area contributed by atoms with Crippen LogP contribution in [0, 0.1) is 6.92 Å². The monoisotopic (exact) mass is 434 g/mol. The van der Waals surface area contributed by atoms with Crippen molar-refractivity contribution < 1.29 is 9.59 Å². The molecule has 0 aromatic heterocycles. The summed E-state index contributed by atoms with van der Waals surface area (Å²) >= 11 is 0. The van der Waals surface area contributed by atoms with Crippen LogP contribution in [0.4, 0.5) is 11.4 Å². The summed E-state index contributed by atoms with van der Waals surface area (Å²) < 4.78 is 0. The number of rotatable bonds is 6. The first-order valence-corrected chi connectivity index (χ1v) is 11.0. The molecule has 0 atom stereocenters. The van der Waals surface area contributed by atoms with Crippen molar-refractivity contribution in [3.8, 4) is 11.1 Å². The molecule has 4 heteroatoms. The Morgan fingerprint density at radius 2 is 1.39 bits per heavy atom. The van der Waals surface area contributed by atoms with Gasteiger partial charge in [-0.3, -0.25) is 9.59 Å². The highest BCUT2D eigenvalue weighted by molar-refractivity contribution is 6.09. The number of para-hydroxylation sites is 1. The molecule has 0 heterocycles. The van der Waals surface area contributed by atoms with Crippen LogP contribution in [0.5, 0.6) is 0 Å². The van der Waals surface area contributed by atoms with Crippen LogP contribution in [0.1, 0.15) is 33.2 Å². The highest BCUT2D eigenvalue weighted by atomic mass is 16.2. The van der Waals surface area contributed by atoms with Crippen molar-refractivity contribution in [2.75, 3.05) is 16.8 Å². The Balaban J connectivity index is 1.51. The topological polar surface area (TPSA) is 49.4 Å². The number of hydrogen-bond acceptors (Lipinski definition) is 2. The van der Waals surface area contributed by atoms with Crippen molar-refractivity contribution in [2.45, 2.75) is 13.8 Å². The van der Waals surface area contributed by atoms with Gasteiger partial charge < -0.3 is 10.2 Å². The molecule has 164 valence electrons. The number of carbonyl (C=O) groups is 2. The van der Waals surface area contributed by atoms with E-state index in [9.17, 15) is 9.59 Å². The van der Waals surface area contributed by atoms with Gasteiger partial charge in [-0.2, -0.15) is 0 Å². The van der Waals surface area contributed by atoms with Crippen molar-refractivity contribution in [3.05, 3.63) is 120 Å². The van der Waals surface area contributed by atoms with Crippen LogP contribution >= 0.6 is 0 Å². The fraction of sp³-hybridized carbons (Fsp3) is 0.103. The molecule has 2 amide bonds. The summed E-state index contributed by atoms with van der Waals surface area (Å²) in [6, 6.07) is 32.3. The molecule has 0 aliphatic rings. The Hall–Kier alpha value is -4.18. The van der Waals surface area contributed by atoms with Gasteiger partial charge in [-0.15, -0.1) is 0 Å². The van der Waals surface area contributed by atoms with E-state index in [0.717, 1.165) is 16.8 Å². The summed E-state index contributed by atoms with van der Waals surface area (Å²) in [6.45, 7) is 4.55. The summed E-state index contributed by atoms with van der Waals surface area (Å²) in [7, 11) is 0. The zero-order chi connectivity index (χ0) is 23.2. The lowest BCUT2D eigenvalue weighted by Crippen LogP contribution is -2.30. The molecule has 33 heavy (non-hydrogen) atoms. The van der Waals surface area contributed by atoms with Crippen LogP contribution < -0.4 is 10.2 Å². The Morgan fingerprint density at radius 1 is 0.758 bits per heavy atom. The Labute approximate surface area is 194 Å². The smallest absolute Gasteiger partial charge is 0.258 e. The number of benzene rings is 4. The molecule has 1 N–H and O–H groups in total. The lowest BCUT2D eigenvalue weighted by molar-refractivity contribution is 0.0987. The van der Waals surface area contributed by atoms with E-state index in [-0.39, 0.29) is 11.8 Å². The molecule has 4 rings (SSSR count). The quantitative estimate of drug-likeness (QED) is 0.373.